The molecule has 0 aromatic heterocycles. The number of benzene rings is 1. The van der Waals surface area contributed by atoms with Crippen molar-refractivity contribution in [2.24, 2.45) is 5.92 Å². The molecule has 20 heavy (non-hydrogen) atoms. The van der Waals surface area contributed by atoms with Crippen molar-refractivity contribution in [3.8, 4) is 0 Å². The van der Waals surface area contributed by atoms with Gasteiger partial charge in [-0.25, -0.2) is 8.78 Å². The molecule has 110 valence electrons. The molecular formula is C16H20BrF2N. The summed E-state index contributed by atoms with van der Waals surface area (Å²) in [5.74, 6) is -0.272. The summed E-state index contributed by atoms with van der Waals surface area (Å²) in [6.07, 6.45) is 7.40. The Kier molecular flexibility index (Phi) is 4.14. The smallest absolute Gasteiger partial charge is 0.143 e. The highest BCUT2D eigenvalue weighted by molar-refractivity contribution is 9.10. The first-order chi connectivity index (χ1) is 9.62. The quantitative estimate of drug-likeness (QED) is 0.792. The molecule has 1 heterocycles. The third kappa shape index (κ3) is 2.77. The van der Waals surface area contributed by atoms with Crippen molar-refractivity contribution in [2.45, 2.75) is 50.5 Å². The maximum atomic E-state index is 14.3. The van der Waals surface area contributed by atoms with E-state index in [0.717, 1.165) is 25.8 Å². The van der Waals surface area contributed by atoms with Gasteiger partial charge in [-0.15, -0.1) is 0 Å². The second kappa shape index (κ2) is 5.72. The van der Waals surface area contributed by atoms with Crippen LogP contribution in [0.3, 0.4) is 0 Å². The van der Waals surface area contributed by atoms with Gasteiger partial charge in [-0.1, -0.05) is 12.8 Å². The molecule has 0 spiro atoms. The van der Waals surface area contributed by atoms with E-state index in [1.807, 2.05) is 0 Å². The van der Waals surface area contributed by atoms with Gasteiger partial charge in [-0.2, -0.15) is 0 Å². The largest absolute Gasteiger partial charge is 0.311 e. The molecule has 1 saturated heterocycles. The summed E-state index contributed by atoms with van der Waals surface area (Å²) in [4.78, 5) is 0. The predicted molar refractivity (Wildman–Crippen MR) is 79.7 cm³/mol. The molecule has 1 N–H and O–H groups in total. The molecule has 1 nitrogen and oxygen atoms in total. The summed E-state index contributed by atoms with van der Waals surface area (Å²) in [6.45, 7) is 0.966. The molecule has 3 rings (SSSR count). The fourth-order valence-electron chi connectivity index (χ4n) is 3.49. The van der Waals surface area contributed by atoms with E-state index in [4.69, 9.17) is 0 Å². The Labute approximate surface area is 127 Å². The summed E-state index contributed by atoms with van der Waals surface area (Å²) in [5.41, 5.74) is 0.138. The van der Waals surface area contributed by atoms with Crippen LogP contribution in [0.1, 0.15) is 44.1 Å². The molecule has 0 amide bonds. The van der Waals surface area contributed by atoms with E-state index in [9.17, 15) is 8.78 Å². The molecule has 1 aromatic rings. The van der Waals surface area contributed by atoms with Crippen LogP contribution in [-0.2, 0) is 6.42 Å². The van der Waals surface area contributed by atoms with Crippen molar-refractivity contribution >= 4 is 15.9 Å². The van der Waals surface area contributed by atoms with Gasteiger partial charge >= 0.3 is 0 Å². The molecule has 4 heteroatoms. The molecular weight excluding hydrogens is 324 g/mol. The van der Waals surface area contributed by atoms with Gasteiger partial charge in [0.05, 0.1) is 4.47 Å². The molecule has 1 unspecified atom stereocenters. The van der Waals surface area contributed by atoms with Gasteiger partial charge in [0, 0.05) is 11.1 Å². The molecule has 2 fully saturated rings. The van der Waals surface area contributed by atoms with E-state index in [1.165, 1.54) is 31.4 Å². The van der Waals surface area contributed by atoms with Crippen LogP contribution in [0, 0.1) is 17.6 Å². The Balaban J connectivity index is 1.92. The summed E-state index contributed by atoms with van der Waals surface area (Å²) in [7, 11) is 0. The normalized spacial score (nSPS) is 27.4. The van der Waals surface area contributed by atoms with Crippen molar-refractivity contribution < 1.29 is 8.78 Å². The molecule has 0 bridgehead atoms. The zero-order valence-corrected chi connectivity index (χ0v) is 13.1. The number of rotatable bonds is 3. The lowest BCUT2D eigenvalue weighted by atomic mass is 9.82. The van der Waals surface area contributed by atoms with Gasteiger partial charge in [0.15, 0.2) is 0 Å². The first-order valence-electron chi connectivity index (χ1n) is 7.50. The lowest BCUT2D eigenvalue weighted by Crippen LogP contribution is -2.49. The summed E-state index contributed by atoms with van der Waals surface area (Å²) >= 11 is 3.17. The Hall–Kier alpha value is -0.480. The van der Waals surface area contributed by atoms with E-state index in [2.05, 4.69) is 21.2 Å². The van der Waals surface area contributed by atoms with E-state index in [0.29, 0.717) is 16.8 Å². The van der Waals surface area contributed by atoms with E-state index in [1.54, 1.807) is 0 Å². The highest BCUT2D eigenvalue weighted by Crippen LogP contribution is 2.45. The second-order valence-corrected chi connectivity index (χ2v) is 7.02. The average Bonchev–Trinajstić information content (AvgIpc) is 3.25. The SMILES string of the molecule is Fc1ccc(Br)c(F)c1CC1(C2CC2)CCCCCN1. The van der Waals surface area contributed by atoms with Gasteiger partial charge in [-0.05, 0) is 72.6 Å². The Morgan fingerprint density at radius 1 is 1.20 bits per heavy atom. The van der Waals surface area contributed by atoms with E-state index < -0.39 is 11.6 Å². The van der Waals surface area contributed by atoms with Crippen molar-refractivity contribution in [1.82, 2.24) is 5.32 Å². The van der Waals surface area contributed by atoms with Crippen molar-refractivity contribution in [1.29, 1.82) is 0 Å². The molecule has 1 atom stereocenters. The molecule has 1 saturated carbocycles. The Bertz CT molecular complexity index is 491. The third-order valence-electron chi connectivity index (χ3n) is 4.77. The molecule has 1 aliphatic heterocycles. The molecule has 2 aliphatic rings. The lowest BCUT2D eigenvalue weighted by Gasteiger charge is -2.35. The van der Waals surface area contributed by atoms with Crippen LogP contribution in [0.15, 0.2) is 16.6 Å². The summed E-state index contributed by atoms with van der Waals surface area (Å²) in [6, 6.07) is 2.80. The van der Waals surface area contributed by atoms with Crippen LogP contribution in [-0.4, -0.2) is 12.1 Å². The number of halogens is 3. The van der Waals surface area contributed by atoms with Crippen molar-refractivity contribution in [3.63, 3.8) is 0 Å². The van der Waals surface area contributed by atoms with Gasteiger partial charge in [0.25, 0.3) is 0 Å². The second-order valence-electron chi connectivity index (χ2n) is 6.17. The zero-order valence-electron chi connectivity index (χ0n) is 11.5. The van der Waals surface area contributed by atoms with Gasteiger partial charge < -0.3 is 5.32 Å². The molecule has 1 aromatic carbocycles. The highest BCUT2D eigenvalue weighted by atomic mass is 79.9. The average molecular weight is 344 g/mol. The van der Waals surface area contributed by atoms with E-state index >= 15 is 0 Å². The van der Waals surface area contributed by atoms with Crippen LogP contribution in [0.25, 0.3) is 0 Å². The third-order valence-corrected chi connectivity index (χ3v) is 5.38. The number of hydrogen-bond acceptors (Lipinski definition) is 1. The Morgan fingerprint density at radius 3 is 2.75 bits per heavy atom. The van der Waals surface area contributed by atoms with E-state index in [-0.39, 0.29) is 11.1 Å². The standard InChI is InChI=1S/C16H20BrF2N/c17-13-6-7-14(18)12(15(13)19)10-16(11-4-5-11)8-2-1-3-9-20-16/h6-7,11,20H,1-5,8-10H2. The van der Waals surface area contributed by atoms with Crippen LogP contribution in [0.5, 0.6) is 0 Å². The minimum absolute atomic E-state index is 0.0982. The van der Waals surface area contributed by atoms with Gasteiger partial charge in [-0.3, -0.25) is 0 Å². The maximum Gasteiger partial charge on any atom is 0.143 e. The van der Waals surface area contributed by atoms with Gasteiger partial charge in [0.2, 0.25) is 0 Å². The fraction of sp³-hybridized carbons (Fsp3) is 0.625. The minimum atomic E-state index is -0.434. The van der Waals surface area contributed by atoms with Crippen LogP contribution < -0.4 is 5.32 Å². The van der Waals surface area contributed by atoms with Crippen LogP contribution in [0.2, 0.25) is 0 Å². The maximum absolute atomic E-state index is 14.3. The van der Waals surface area contributed by atoms with Crippen molar-refractivity contribution in [3.05, 3.63) is 33.8 Å². The summed E-state index contributed by atoms with van der Waals surface area (Å²) in [5, 5.41) is 3.63. The molecule has 0 radical (unpaired) electrons. The zero-order chi connectivity index (χ0) is 14.2. The molecule has 1 aliphatic carbocycles. The topological polar surface area (TPSA) is 12.0 Å². The predicted octanol–water partition coefficient (Wildman–Crippen LogP) is 4.58. The van der Waals surface area contributed by atoms with Gasteiger partial charge in [0.1, 0.15) is 11.6 Å². The minimum Gasteiger partial charge on any atom is -0.311 e. The first-order valence-corrected chi connectivity index (χ1v) is 8.29. The number of hydrogen-bond donors (Lipinski definition) is 1. The Morgan fingerprint density at radius 2 is 2.00 bits per heavy atom. The lowest BCUT2D eigenvalue weighted by molar-refractivity contribution is 0.264. The number of nitrogens with one attached hydrogen (secondary N) is 1. The highest BCUT2D eigenvalue weighted by Gasteiger charge is 2.45. The van der Waals surface area contributed by atoms with Crippen LogP contribution in [0.4, 0.5) is 8.78 Å². The monoisotopic (exact) mass is 343 g/mol. The fourth-order valence-corrected chi connectivity index (χ4v) is 3.87. The first kappa shape index (κ1) is 14.5. The summed E-state index contributed by atoms with van der Waals surface area (Å²) < 4.78 is 28.7. The van der Waals surface area contributed by atoms with Crippen LogP contribution >= 0.6 is 15.9 Å². The van der Waals surface area contributed by atoms with Crippen molar-refractivity contribution in [2.75, 3.05) is 6.54 Å².